The molecule has 7 nitrogen and oxygen atoms in total. The molecular weight excluding hydrogens is 569 g/mol. The second-order valence-corrected chi connectivity index (χ2v) is 15.2. The fraction of sp³-hybridized carbons (Fsp3) is 0.171. The van der Waals surface area contributed by atoms with E-state index in [9.17, 15) is 4.39 Å². The lowest BCUT2D eigenvalue weighted by Crippen LogP contribution is -2.15. The van der Waals surface area contributed by atoms with Gasteiger partial charge in [0, 0.05) is 46.4 Å². The molecule has 4 aromatic heterocycles. The van der Waals surface area contributed by atoms with Gasteiger partial charge in [-0.3, -0.25) is 14.8 Å². The van der Waals surface area contributed by atoms with E-state index in [-0.39, 0.29) is 11.2 Å². The predicted molar refractivity (Wildman–Crippen MR) is 187 cm³/mol. The highest BCUT2D eigenvalue weighted by molar-refractivity contribution is 8.25. The van der Waals surface area contributed by atoms with Crippen LogP contribution in [0, 0.1) is 11.2 Å². The first-order valence-corrected chi connectivity index (χ1v) is 16.6. The second-order valence-electron chi connectivity index (χ2n) is 12.4. The Hall–Kier alpha value is -4.73. The first kappa shape index (κ1) is 29.3. The number of pyridine rings is 2. The third kappa shape index (κ3) is 6.15. The fourth-order valence-electron chi connectivity index (χ4n) is 5.00. The number of hydrogen-bond acceptors (Lipinski definition) is 5. The highest BCUT2D eigenvalue weighted by Crippen LogP contribution is 2.36. The van der Waals surface area contributed by atoms with Gasteiger partial charge in [-0.15, -0.1) is 0 Å². The van der Waals surface area contributed by atoms with Crippen molar-refractivity contribution < 1.29 is 4.39 Å². The summed E-state index contributed by atoms with van der Waals surface area (Å²) in [5.41, 5.74) is 9.37. The highest BCUT2D eigenvalue weighted by Gasteiger charge is 2.17. The number of aromatic nitrogens is 5. The number of nitrogens with zero attached hydrogens (tertiary/aromatic N) is 3. The minimum Gasteiger partial charge on any atom is -0.358 e. The minimum absolute atomic E-state index is 0.0778. The van der Waals surface area contributed by atoms with Gasteiger partial charge in [0.1, 0.15) is 17.2 Å². The molecule has 9 heteroatoms. The van der Waals surface area contributed by atoms with Gasteiger partial charge in [-0.05, 0) is 77.0 Å². The molecule has 0 unspecified atom stereocenters. The van der Waals surface area contributed by atoms with Gasteiger partial charge in [0.05, 0.1) is 23.1 Å². The maximum absolute atomic E-state index is 14.8. The molecule has 0 spiro atoms. The van der Waals surface area contributed by atoms with Gasteiger partial charge in [0.15, 0.2) is 0 Å². The average molecular weight is 606 g/mol. The summed E-state index contributed by atoms with van der Waals surface area (Å²) < 4.78 is 18.1. The number of benzene rings is 2. The molecule has 0 amide bonds. The zero-order valence-corrected chi connectivity index (χ0v) is 26.2. The molecule has 2 aromatic carbocycles. The number of nitrogens with one attached hydrogen (secondary N) is 4. The van der Waals surface area contributed by atoms with Crippen molar-refractivity contribution in [1.82, 2.24) is 29.9 Å². The molecule has 0 atom stereocenters. The van der Waals surface area contributed by atoms with E-state index >= 15 is 0 Å². The van der Waals surface area contributed by atoms with Crippen LogP contribution < -0.4 is 10.0 Å². The summed E-state index contributed by atoms with van der Waals surface area (Å²) in [5.74, 6) is 7.82. The van der Waals surface area contributed by atoms with Gasteiger partial charge < -0.3 is 10.3 Å². The number of aromatic amines is 2. The van der Waals surface area contributed by atoms with Crippen molar-refractivity contribution in [1.29, 1.82) is 0 Å². The van der Waals surface area contributed by atoms with Crippen molar-refractivity contribution in [2.45, 2.75) is 27.3 Å². The fourth-order valence-corrected chi connectivity index (χ4v) is 5.51. The van der Waals surface area contributed by atoms with Crippen molar-refractivity contribution in [2.24, 2.45) is 5.41 Å². The van der Waals surface area contributed by atoms with Crippen LogP contribution in [0.1, 0.15) is 26.3 Å². The quantitative estimate of drug-likeness (QED) is 0.131. The zero-order chi connectivity index (χ0) is 31.2. The minimum atomic E-state index is -1.43. The number of halogens is 1. The molecule has 6 rings (SSSR count). The van der Waals surface area contributed by atoms with Crippen molar-refractivity contribution in [3.8, 4) is 33.6 Å². The Morgan fingerprint density at radius 1 is 0.955 bits per heavy atom. The summed E-state index contributed by atoms with van der Waals surface area (Å²) in [6, 6.07) is 17.3. The Bertz CT molecular complexity index is 2150. The first-order chi connectivity index (χ1) is 20.8. The third-order valence-electron chi connectivity index (χ3n) is 7.52. The maximum atomic E-state index is 14.8. The van der Waals surface area contributed by atoms with E-state index in [1.807, 2.05) is 36.7 Å². The lowest BCUT2D eigenvalue weighted by Gasteiger charge is -2.23. The smallest absolute Gasteiger partial charge is 0.138 e. The van der Waals surface area contributed by atoms with Crippen molar-refractivity contribution in [2.75, 3.05) is 11.6 Å². The highest BCUT2D eigenvalue weighted by atomic mass is 32.2. The summed E-state index contributed by atoms with van der Waals surface area (Å²) >= 11 is 0. The Kier molecular flexibility index (Phi) is 7.39. The first-order valence-electron chi connectivity index (χ1n) is 14.2. The van der Waals surface area contributed by atoms with Crippen molar-refractivity contribution >= 4 is 48.8 Å². The summed E-state index contributed by atoms with van der Waals surface area (Å²) in [4.78, 5) is 12.5. The molecular formula is C35H36FN7S. The summed E-state index contributed by atoms with van der Waals surface area (Å²) in [7, 11) is -1.43. The second kappa shape index (κ2) is 11.1. The van der Waals surface area contributed by atoms with Crippen LogP contribution in [-0.4, -0.2) is 43.1 Å². The van der Waals surface area contributed by atoms with Gasteiger partial charge in [-0.2, -0.15) is 14.5 Å². The predicted octanol–water partition coefficient (Wildman–Crippen LogP) is 8.25. The van der Waals surface area contributed by atoms with Gasteiger partial charge in [0.2, 0.25) is 0 Å². The third-order valence-corrected chi connectivity index (χ3v) is 8.36. The molecule has 0 bridgehead atoms. The molecule has 44 heavy (non-hydrogen) atoms. The monoisotopic (exact) mass is 605 g/mol. The molecule has 0 radical (unpaired) electrons. The molecule has 0 saturated heterocycles. The van der Waals surface area contributed by atoms with E-state index < -0.39 is 9.39 Å². The Morgan fingerprint density at radius 2 is 1.77 bits per heavy atom. The normalized spacial score (nSPS) is 12.2. The molecule has 6 aromatic rings. The van der Waals surface area contributed by atoms with Crippen LogP contribution in [0.2, 0.25) is 0 Å². The lowest BCUT2D eigenvalue weighted by atomic mass is 9.93. The Morgan fingerprint density at radius 3 is 2.55 bits per heavy atom. The number of fused-ring (bicyclic) bond motifs is 2. The Labute approximate surface area is 257 Å². The lowest BCUT2D eigenvalue weighted by molar-refractivity contribution is 0.509. The number of allylic oxidation sites excluding steroid dienone is 1. The van der Waals surface area contributed by atoms with Crippen LogP contribution in [0.5, 0.6) is 0 Å². The van der Waals surface area contributed by atoms with Crippen molar-refractivity contribution in [3.63, 3.8) is 0 Å². The van der Waals surface area contributed by atoms with E-state index in [0.717, 1.165) is 66.9 Å². The SMILES string of the molecule is C=C(Nc1cncc(-c2ccc3[nH]nc(-c4cc5c(-c6cc(F)cc(CNS(=C)(=C)C)c6)ccnc5[nH]4)c3c2)c1)C(C)(C)C. The van der Waals surface area contributed by atoms with Gasteiger partial charge in [-0.25, -0.2) is 9.37 Å². The molecule has 0 aliphatic rings. The van der Waals surface area contributed by atoms with Gasteiger partial charge in [-0.1, -0.05) is 45.2 Å². The van der Waals surface area contributed by atoms with Crippen LogP contribution in [0.3, 0.4) is 0 Å². The van der Waals surface area contributed by atoms with E-state index in [4.69, 9.17) is 0 Å². The Balaban J connectivity index is 1.37. The van der Waals surface area contributed by atoms with E-state index in [1.54, 1.807) is 18.5 Å². The molecule has 0 fully saturated rings. The standard InChI is InChI=1S/C35H36FN7S/c1-21(35(2,3)4)40-27-15-25(19-37-20-27)23-8-9-31-30(16-23)33(43-42-31)32-17-29-28(10-11-38-34(29)41-32)24-12-22(13-26(36)14-24)18-39-44(5,6)7/h8-17,19-20,39-40H,1,5-6,18H2,2-4,7H3,(H,38,41)(H,42,43). The van der Waals surface area contributed by atoms with Crippen LogP contribution >= 0.6 is 9.39 Å². The average Bonchev–Trinajstić information content (AvgIpc) is 3.59. The number of anilines is 1. The largest absolute Gasteiger partial charge is 0.358 e. The topological polar surface area (TPSA) is 94.3 Å². The molecule has 224 valence electrons. The molecule has 0 aliphatic heterocycles. The van der Waals surface area contributed by atoms with Gasteiger partial charge in [0.25, 0.3) is 0 Å². The molecule has 4 heterocycles. The van der Waals surface area contributed by atoms with Crippen LogP contribution in [0.15, 0.2) is 85.5 Å². The maximum Gasteiger partial charge on any atom is 0.138 e. The van der Waals surface area contributed by atoms with Gasteiger partial charge >= 0.3 is 0 Å². The number of H-pyrrole nitrogens is 2. The number of rotatable bonds is 8. The molecule has 0 saturated carbocycles. The van der Waals surface area contributed by atoms with E-state index in [2.05, 4.69) is 92.5 Å². The van der Waals surface area contributed by atoms with Crippen molar-refractivity contribution in [3.05, 3.63) is 96.8 Å². The summed E-state index contributed by atoms with van der Waals surface area (Å²) in [6.45, 7) is 11.0. The zero-order valence-electron chi connectivity index (χ0n) is 25.4. The van der Waals surface area contributed by atoms with Crippen LogP contribution in [-0.2, 0) is 6.54 Å². The molecule has 4 N–H and O–H groups in total. The summed E-state index contributed by atoms with van der Waals surface area (Å²) in [6.07, 6.45) is 7.34. The van der Waals surface area contributed by atoms with E-state index in [0.29, 0.717) is 12.2 Å². The summed E-state index contributed by atoms with van der Waals surface area (Å²) in [5, 5.41) is 13.0. The molecule has 0 aliphatic carbocycles. The van der Waals surface area contributed by atoms with Crippen LogP contribution in [0.4, 0.5) is 10.1 Å². The van der Waals surface area contributed by atoms with E-state index in [1.165, 1.54) is 6.07 Å². The van der Waals surface area contributed by atoms with Crippen LogP contribution in [0.25, 0.3) is 55.6 Å². The number of hydrogen-bond donors (Lipinski definition) is 4.